The molecule has 0 radical (unpaired) electrons. The Bertz CT molecular complexity index is 1100. The third-order valence-corrected chi connectivity index (χ3v) is 5.71. The molecule has 2 aromatic carbocycles. The molecular formula is C25H29FN2O5. The number of hydrogen-bond acceptors (Lipinski definition) is 6. The molecule has 176 valence electrons. The second-order valence-electron chi connectivity index (χ2n) is 8.24. The van der Waals surface area contributed by atoms with Gasteiger partial charge in [-0.15, -0.1) is 0 Å². The summed E-state index contributed by atoms with van der Waals surface area (Å²) in [5, 5.41) is 8.48. The molecular weight excluding hydrogens is 427 g/mol. The lowest BCUT2D eigenvalue weighted by Gasteiger charge is -2.23. The summed E-state index contributed by atoms with van der Waals surface area (Å²) in [4.78, 5) is 26.7. The van der Waals surface area contributed by atoms with E-state index in [-0.39, 0.29) is 48.4 Å². The van der Waals surface area contributed by atoms with Crippen LogP contribution in [-0.4, -0.2) is 49.4 Å². The maximum atomic E-state index is 15.2. The van der Waals surface area contributed by atoms with Crippen LogP contribution >= 0.6 is 0 Å². The number of halogens is 1. The zero-order valence-corrected chi connectivity index (χ0v) is 19.6. The summed E-state index contributed by atoms with van der Waals surface area (Å²) in [5.41, 5.74) is 0.816. The highest BCUT2D eigenvalue weighted by atomic mass is 19.1. The molecule has 33 heavy (non-hydrogen) atoms. The molecule has 1 N–H and O–H groups in total. The highest BCUT2D eigenvalue weighted by molar-refractivity contribution is 6.06. The maximum absolute atomic E-state index is 15.2. The highest BCUT2D eigenvalue weighted by Gasteiger charge is 2.34. The van der Waals surface area contributed by atoms with E-state index in [1.165, 1.54) is 12.0 Å². The molecule has 1 aliphatic heterocycles. The number of carbonyl (C=O) groups excluding carboxylic acids is 2. The van der Waals surface area contributed by atoms with Gasteiger partial charge in [-0.1, -0.05) is 18.2 Å². The number of nitrogens with one attached hydrogen (secondary N) is 1. The molecule has 3 rings (SSSR count). The predicted molar refractivity (Wildman–Crippen MR) is 122 cm³/mol. The zero-order chi connectivity index (χ0) is 24.3. The smallest absolute Gasteiger partial charge is 0.315 e. The minimum atomic E-state index is -0.921. The Morgan fingerprint density at radius 2 is 1.85 bits per heavy atom. The molecule has 2 aromatic rings. The summed E-state index contributed by atoms with van der Waals surface area (Å²) in [5.74, 6) is -1.12. The number of methoxy groups -OCH3 is 1. The van der Waals surface area contributed by atoms with Crippen LogP contribution in [0, 0.1) is 11.2 Å². The number of Topliss-reactive ketones (excluding diaryl/α,β-unsaturated/α-hetero) is 1. The number of ketones is 1. The van der Waals surface area contributed by atoms with Crippen LogP contribution in [0.4, 0.5) is 4.39 Å². The fourth-order valence-electron chi connectivity index (χ4n) is 3.88. The molecule has 0 saturated carbocycles. The minimum Gasteiger partial charge on any atom is -0.490 e. The van der Waals surface area contributed by atoms with Crippen LogP contribution in [0.15, 0.2) is 30.3 Å². The van der Waals surface area contributed by atoms with Gasteiger partial charge in [0.1, 0.15) is 5.84 Å². The van der Waals surface area contributed by atoms with Crippen LogP contribution in [0.3, 0.4) is 0 Å². The van der Waals surface area contributed by atoms with E-state index in [0.717, 1.165) is 0 Å². The van der Waals surface area contributed by atoms with Gasteiger partial charge in [-0.3, -0.25) is 15.0 Å². The molecule has 0 saturated heterocycles. The number of esters is 1. The third kappa shape index (κ3) is 4.55. The Kier molecular flexibility index (Phi) is 7.05. The van der Waals surface area contributed by atoms with Crippen molar-refractivity contribution in [3.8, 4) is 11.5 Å². The molecule has 0 aromatic heterocycles. The van der Waals surface area contributed by atoms with Crippen molar-refractivity contribution in [3.63, 3.8) is 0 Å². The van der Waals surface area contributed by atoms with Crippen LogP contribution in [0.2, 0.25) is 0 Å². The van der Waals surface area contributed by atoms with E-state index in [0.29, 0.717) is 23.3 Å². The van der Waals surface area contributed by atoms with Gasteiger partial charge in [-0.25, -0.2) is 4.39 Å². The van der Waals surface area contributed by atoms with Gasteiger partial charge >= 0.3 is 5.97 Å². The van der Waals surface area contributed by atoms with Crippen LogP contribution in [0.5, 0.6) is 11.5 Å². The Labute approximate surface area is 193 Å². The Morgan fingerprint density at radius 3 is 2.48 bits per heavy atom. The quantitative estimate of drug-likeness (QED) is 0.452. The van der Waals surface area contributed by atoms with Crippen molar-refractivity contribution in [1.82, 2.24) is 4.90 Å². The summed E-state index contributed by atoms with van der Waals surface area (Å²) in [6.45, 7) is 7.69. The average Bonchev–Trinajstić information content (AvgIpc) is 3.10. The SMILES string of the molecule is CCOc1cc2c(c(F)c1OCC)C(=N)N(CC(=O)c1cccc(C(C)(C)C(=O)OC)c1)C2. The second-order valence-corrected chi connectivity index (χ2v) is 8.24. The molecule has 7 nitrogen and oxygen atoms in total. The van der Waals surface area contributed by atoms with Crippen molar-refractivity contribution < 1.29 is 28.2 Å². The number of hydrogen-bond donors (Lipinski definition) is 1. The van der Waals surface area contributed by atoms with Gasteiger partial charge in [0.15, 0.2) is 23.1 Å². The number of benzene rings is 2. The van der Waals surface area contributed by atoms with Gasteiger partial charge in [-0.2, -0.15) is 0 Å². The van der Waals surface area contributed by atoms with Gasteiger partial charge < -0.3 is 19.1 Å². The molecule has 0 fully saturated rings. The van der Waals surface area contributed by atoms with Gasteiger partial charge in [0.25, 0.3) is 0 Å². The van der Waals surface area contributed by atoms with E-state index in [2.05, 4.69) is 0 Å². The van der Waals surface area contributed by atoms with E-state index in [1.54, 1.807) is 58.0 Å². The first kappa shape index (κ1) is 24.2. The van der Waals surface area contributed by atoms with Crippen molar-refractivity contribution >= 4 is 17.6 Å². The number of amidine groups is 1. The molecule has 1 aliphatic rings. The normalized spacial score (nSPS) is 13.0. The zero-order valence-electron chi connectivity index (χ0n) is 19.6. The predicted octanol–water partition coefficient (Wildman–Crippen LogP) is 4.10. The third-order valence-electron chi connectivity index (χ3n) is 5.71. The largest absolute Gasteiger partial charge is 0.490 e. The highest BCUT2D eigenvalue weighted by Crippen LogP contribution is 2.39. The van der Waals surface area contributed by atoms with Crippen molar-refractivity contribution in [2.24, 2.45) is 0 Å². The standard InChI is InChI=1S/C25H29FN2O5/c1-6-32-19-12-16-13-28(23(27)20(16)21(26)22(19)33-7-2)14-18(29)15-9-8-10-17(11-15)25(3,4)24(30)31-5/h8-12,27H,6-7,13-14H2,1-5H3. The number of carbonyl (C=O) groups is 2. The van der Waals surface area contributed by atoms with Crippen LogP contribution in [0.25, 0.3) is 0 Å². The van der Waals surface area contributed by atoms with Crippen LogP contribution in [0.1, 0.15) is 54.7 Å². The number of nitrogens with zero attached hydrogens (tertiary/aromatic N) is 1. The van der Waals surface area contributed by atoms with Crippen molar-refractivity contribution in [2.45, 2.75) is 39.7 Å². The topological polar surface area (TPSA) is 88.9 Å². The lowest BCUT2D eigenvalue weighted by Crippen LogP contribution is -2.32. The summed E-state index contributed by atoms with van der Waals surface area (Å²) in [6.07, 6.45) is 0. The van der Waals surface area contributed by atoms with Gasteiger partial charge in [-0.05, 0) is 51.0 Å². The summed E-state index contributed by atoms with van der Waals surface area (Å²) >= 11 is 0. The van der Waals surface area contributed by atoms with Crippen LogP contribution in [-0.2, 0) is 21.5 Å². The van der Waals surface area contributed by atoms with Gasteiger partial charge in [0.05, 0.1) is 37.8 Å². The Balaban J connectivity index is 1.85. The van der Waals surface area contributed by atoms with Gasteiger partial charge in [0, 0.05) is 12.1 Å². The van der Waals surface area contributed by atoms with E-state index in [1.807, 2.05) is 0 Å². The van der Waals surface area contributed by atoms with E-state index in [4.69, 9.17) is 19.6 Å². The lowest BCUT2D eigenvalue weighted by atomic mass is 9.83. The number of rotatable bonds is 9. The molecule has 0 aliphatic carbocycles. The van der Waals surface area contributed by atoms with E-state index >= 15 is 4.39 Å². The number of fused-ring (bicyclic) bond motifs is 1. The minimum absolute atomic E-state index is 0.0197. The fourth-order valence-corrected chi connectivity index (χ4v) is 3.88. The maximum Gasteiger partial charge on any atom is 0.315 e. The number of ether oxygens (including phenoxy) is 3. The molecule has 0 atom stereocenters. The summed E-state index contributed by atoms with van der Waals surface area (Å²) in [7, 11) is 1.32. The molecule has 0 amide bonds. The molecule has 0 bridgehead atoms. The lowest BCUT2D eigenvalue weighted by molar-refractivity contribution is -0.146. The first-order valence-electron chi connectivity index (χ1n) is 10.8. The second kappa shape index (κ2) is 9.60. The first-order chi connectivity index (χ1) is 15.6. The Hall–Kier alpha value is -3.42. The Morgan fingerprint density at radius 1 is 1.15 bits per heavy atom. The molecule has 0 unspecified atom stereocenters. The van der Waals surface area contributed by atoms with E-state index < -0.39 is 17.2 Å². The van der Waals surface area contributed by atoms with Crippen molar-refractivity contribution in [2.75, 3.05) is 26.9 Å². The van der Waals surface area contributed by atoms with Crippen molar-refractivity contribution in [1.29, 1.82) is 5.41 Å². The van der Waals surface area contributed by atoms with Crippen LogP contribution < -0.4 is 9.47 Å². The first-order valence-corrected chi connectivity index (χ1v) is 10.8. The summed E-state index contributed by atoms with van der Waals surface area (Å²) < 4.78 is 31.1. The monoisotopic (exact) mass is 456 g/mol. The molecule has 0 spiro atoms. The average molecular weight is 457 g/mol. The van der Waals surface area contributed by atoms with E-state index in [9.17, 15) is 9.59 Å². The molecule has 8 heteroatoms. The van der Waals surface area contributed by atoms with Crippen molar-refractivity contribution in [3.05, 3.63) is 58.4 Å². The molecule has 1 heterocycles. The summed E-state index contributed by atoms with van der Waals surface area (Å²) in [6, 6.07) is 8.46. The fraction of sp³-hybridized carbons (Fsp3) is 0.400. The van der Waals surface area contributed by atoms with Gasteiger partial charge in [0.2, 0.25) is 0 Å².